The van der Waals surface area contributed by atoms with Crippen LogP contribution in [-0.4, -0.2) is 79.2 Å². The molecule has 1 atom stereocenters. The van der Waals surface area contributed by atoms with Gasteiger partial charge in [-0.25, -0.2) is 4.98 Å². The van der Waals surface area contributed by atoms with Crippen LogP contribution in [0.25, 0.3) is 0 Å². The molecule has 2 aliphatic rings. The zero-order valence-electron chi connectivity index (χ0n) is 14.2. The number of pyridine rings is 1. The lowest BCUT2D eigenvalue weighted by Gasteiger charge is -2.37. The molecule has 3 heterocycles. The Labute approximate surface area is 148 Å². The van der Waals surface area contributed by atoms with Crippen LogP contribution in [0.15, 0.2) is 18.3 Å². The molecule has 3 rings (SSSR count). The highest BCUT2D eigenvalue weighted by molar-refractivity contribution is 6.32. The van der Waals surface area contributed by atoms with Gasteiger partial charge in [-0.3, -0.25) is 9.69 Å². The summed E-state index contributed by atoms with van der Waals surface area (Å²) in [7, 11) is 0. The first kappa shape index (κ1) is 17.5. The molecule has 2 fully saturated rings. The third kappa shape index (κ3) is 4.18. The van der Waals surface area contributed by atoms with Crippen LogP contribution in [-0.2, 0) is 9.53 Å². The summed E-state index contributed by atoms with van der Waals surface area (Å²) in [6, 6.07) is 3.95. The minimum Gasteiger partial charge on any atom is -0.379 e. The van der Waals surface area contributed by atoms with Crippen molar-refractivity contribution in [3.05, 3.63) is 23.4 Å². The molecule has 0 spiro atoms. The van der Waals surface area contributed by atoms with Crippen molar-refractivity contribution in [3.8, 4) is 0 Å². The topological polar surface area (TPSA) is 48.9 Å². The van der Waals surface area contributed by atoms with Crippen LogP contribution in [0.5, 0.6) is 0 Å². The van der Waals surface area contributed by atoms with Crippen molar-refractivity contribution in [1.29, 1.82) is 0 Å². The first-order valence-electron chi connectivity index (χ1n) is 8.60. The summed E-state index contributed by atoms with van der Waals surface area (Å²) in [5, 5.41) is 0.665. The molecule has 24 heavy (non-hydrogen) atoms. The number of piperazine rings is 1. The van der Waals surface area contributed by atoms with Gasteiger partial charge in [-0.15, -0.1) is 0 Å². The smallest absolute Gasteiger partial charge is 0.224 e. The van der Waals surface area contributed by atoms with E-state index in [0.29, 0.717) is 11.4 Å². The molecular formula is C17H25ClN4O2. The van der Waals surface area contributed by atoms with Gasteiger partial charge in [0.25, 0.3) is 0 Å². The van der Waals surface area contributed by atoms with Crippen LogP contribution >= 0.6 is 11.6 Å². The zero-order chi connectivity index (χ0) is 16.9. The first-order chi connectivity index (χ1) is 11.6. The fraction of sp³-hybridized carbons (Fsp3) is 0.647. The average Bonchev–Trinajstić information content (AvgIpc) is 2.63. The molecule has 1 amide bonds. The van der Waals surface area contributed by atoms with E-state index < -0.39 is 0 Å². The maximum atomic E-state index is 12.6. The van der Waals surface area contributed by atoms with Gasteiger partial charge in [-0.2, -0.15) is 0 Å². The third-order valence-corrected chi connectivity index (χ3v) is 5.11. The Morgan fingerprint density at radius 1 is 1.25 bits per heavy atom. The van der Waals surface area contributed by atoms with Gasteiger partial charge in [0.2, 0.25) is 5.91 Å². The number of anilines is 1. The SMILES string of the molecule is C[C@H](CC(=O)N1CCN(c2ncccc2Cl)CC1)N1CCOCC1. The third-order valence-electron chi connectivity index (χ3n) is 4.81. The number of amides is 1. The van der Waals surface area contributed by atoms with E-state index in [4.69, 9.17) is 16.3 Å². The fourth-order valence-electron chi connectivity index (χ4n) is 3.31. The lowest BCUT2D eigenvalue weighted by Crippen LogP contribution is -2.51. The summed E-state index contributed by atoms with van der Waals surface area (Å²) in [6.45, 7) is 8.49. The standard InChI is InChI=1S/C17H25ClN4O2/c1-14(20-9-11-24-12-10-20)13-16(23)21-5-7-22(8-6-21)17-15(18)3-2-4-19-17/h2-4,14H,5-13H2,1H3/t14-/m1/s1. The highest BCUT2D eigenvalue weighted by Gasteiger charge is 2.26. The summed E-state index contributed by atoms with van der Waals surface area (Å²) in [5.74, 6) is 1.05. The van der Waals surface area contributed by atoms with Crippen LogP contribution < -0.4 is 4.90 Å². The molecule has 0 radical (unpaired) electrons. The number of hydrogen-bond donors (Lipinski definition) is 0. The van der Waals surface area contributed by atoms with Gasteiger partial charge >= 0.3 is 0 Å². The van der Waals surface area contributed by atoms with Crippen molar-refractivity contribution in [2.45, 2.75) is 19.4 Å². The molecule has 2 aliphatic heterocycles. The number of carbonyl (C=O) groups excluding carboxylic acids is 1. The van der Waals surface area contributed by atoms with E-state index in [1.807, 2.05) is 17.0 Å². The second-order valence-corrected chi connectivity index (χ2v) is 6.79. The summed E-state index contributed by atoms with van der Waals surface area (Å²) < 4.78 is 5.38. The quantitative estimate of drug-likeness (QED) is 0.821. The van der Waals surface area contributed by atoms with Gasteiger partial charge in [-0.05, 0) is 19.1 Å². The van der Waals surface area contributed by atoms with Crippen molar-refractivity contribution < 1.29 is 9.53 Å². The van der Waals surface area contributed by atoms with Gasteiger partial charge in [0.1, 0.15) is 5.82 Å². The number of ether oxygens (including phenoxy) is 1. The molecule has 132 valence electrons. The number of morpholine rings is 1. The normalized spacial score (nSPS) is 20.9. The molecular weight excluding hydrogens is 328 g/mol. The molecule has 0 bridgehead atoms. The lowest BCUT2D eigenvalue weighted by molar-refractivity contribution is -0.133. The van der Waals surface area contributed by atoms with E-state index in [9.17, 15) is 4.79 Å². The van der Waals surface area contributed by atoms with Gasteiger partial charge < -0.3 is 14.5 Å². The number of nitrogens with zero attached hydrogens (tertiary/aromatic N) is 4. The van der Waals surface area contributed by atoms with Crippen LogP contribution in [0.1, 0.15) is 13.3 Å². The van der Waals surface area contributed by atoms with E-state index in [-0.39, 0.29) is 11.9 Å². The predicted octanol–water partition coefficient (Wildman–Crippen LogP) is 1.49. The fourth-order valence-corrected chi connectivity index (χ4v) is 3.55. The van der Waals surface area contributed by atoms with Crippen molar-refractivity contribution in [2.75, 3.05) is 57.4 Å². The van der Waals surface area contributed by atoms with Crippen molar-refractivity contribution >= 4 is 23.3 Å². The number of halogens is 1. The Hall–Kier alpha value is -1.37. The molecule has 1 aromatic rings. The maximum Gasteiger partial charge on any atom is 0.224 e. The number of rotatable bonds is 4. The Balaban J connectivity index is 1.49. The molecule has 7 heteroatoms. The van der Waals surface area contributed by atoms with Gasteiger partial charge in [0.15, 0.2) is 0 Å². The predicted molar refractivity (Wildman–Crippen MR) is 94.5 cm³/mol. The van der Waals surface area contributed by atoms with Crippen molar-refractivity contribution in [1.82, 2.24) is 14.8 Å². The zero-order valence-corrected chi connectivity index (χ0v) is 14.9. The minimum atomic E-state index is 0.237. The number of carbonyl (C=O) groups is 1. The van der Waals surface area contributed by atoms with Crippen LogP contribution in [0.3, 0.4) is 0 Å². The second kappa shape index (κ2) is 8.14. The van der Waals surface area contributed by atoms with E-state index in [0.717, 1.165) is 58.3 Å². The van der Waals surface area contributed by atoms with Crippen LogP contribution in [0.4, 0.5) is 5.82 Å². The van der Waals surface area contributed by atoms with Crippen LogP contribution in [0, 0.1) is 0 Å². The number of hydrogen-bond acceptors (Lipinski definition) is 5. The lowest BCUT2D eigenvalue weighted by atomic mass is 10.1. The second-order valence-electron chi connectivity index (χ2n) is 6.38. The van der Waals surface area contributed by atoms with Gasteiger partial charge in [0, 0.05) is 57.9 Å². The van der Waals surface area contributed by atoms with Crippen LogP contribution in [0.2, 0.25) is 5.02 Å². The summed E-state index contributed by atoms with van der Waals surface area (Å²) in [5.41, 5.74) is 0. The Morgan fingerprint density at radius 3 is 2.62 bits per heavy atom. The molecule has 2 saturated heterocycles. The van der Waals surface area contributed by atoms with Gasteiger partial charge in [-0.1, -0.05) is 11.6 Å². The van der Waals surface area contributed by atoms with E-state index >= 15 is 0 Å². The first-order valence-corrected chi connectivity index (χ1v) is 8.98. The van der Waals surface area contributed by atoms with Crippen molar-refractivity contribution in [2.24, 2.45) is 0 Å². The minimum absolute atomic E-state index is 0.237. The Morgan fingerprint density at radius 2 is 1.96 bits per heavy atom. The molecule has 0 saturated carbocycles. The molecule has 0 aromatic carbocycles. The van der Waals surface area contributed by atoms with E-state index in [1.54, 1.807) is 6.20 Å². The summed E-state index contributed by atoms with van der Waals surface area (Å²) >= 11 is 6.21. The average molecular weight is 353 g/mol. The van der Waals surface area contributed by atoms with Gasteiger partial charge in [0.05, 0.1) is 18.2 Å². The molecule has 1 aromatic heterocycles. The summed E-state index contributed by atoms with van der Waals surface area (Å²) in [6.07, 6.45) is 2.33. The van der Waals surface area contributed by atoms with E-state index in [1.165, 1.54) is 0 Å². The highest BCUT2D eigenvalue weighted by atomic mass is 35.5. The van der Waals surface area contributed by atoms with Crippen molar-refractivity contribution in [3.63, 3.8) is 0 Å². The summed E-state index contributed by atoms with van der Waals surface area (Å²) in [4.78, 5) is 23.4. The highest BCUT2D eigenvalue weighted by Crippen LogP contribution is 2.23. The largest absolute Gasteiger partial charge is 0.379 e. The molecule has 0 aliphatic carbocycles. The number of aromatic nitrogens is 1. The van der Waals surface area contributed by atoms with E-state index in [2.05, 4.69) is 21.7 Å². The maximum absolute atomic E-state index is 12.6. The molecule has 6 nitrogen and oxygen atoms in total. The molecule has 0 N–H and O–H groups in total. The monoisotopic (exact) mass is 352 g/mol. The Kier molecular flexibility index (Phi) is 5.92. The Bertz CT molecular complexity index is 557. The molecule has 0 unspecified atom stereocenters.